The molecule has 1 fully saturated rings. The van der Waals surface area contributed by atoms with Gasteiger partial charge >= 0.3 is 0 Å². The van der Waals surface area contributed by atoms with Crippen LogP contribution in [0, 0.1) is 0 Å². The van der Waals surface area contributed by atoms with Crippen molar-refractivity contribution in [2.24, 2.45) is 5.73 Å². The molecule has 0 bridgehead atoms. The molecule has 7 heteroatoms. The van der Waals surface area contributed by atoms with Crippen LogP contribution >= 0.6 is 0 Å². The van der Waals surface area contributed by atoms with Gasteiger partial charge in [0.1, 0.15) is 0 Å². The van der Waals surface area contributed by atoms with E-state index in [9.17, 15) is 4.79 Å². The summed E-state index contributed by atoms with van der Waals surface area (Å²) >= 11 is 0. The Morgan fingerprint density at radius 2 is 2.39 bits per heavy atom. The third-order valence-corrected chi connectivity index (χ3v) is 2.76. The van der Waals surface area contributed by atoms with Crippen molar-refractivity contribution < 1.29 is 9.53 Å². The van der Waals surface area contributed by atoms with Crippen molar-refractivity contribution in [1.82, 2.24) is 15.3 Å². The van der Waals surface area contributed by atoms with Crippen molar-refractivity contribution >= 4 is 11.7 Å². The summed E-state index contributed by atoms with van der Waals surface area (Å²) in [7, 11) is 1.84. The van der Waals surface area contributed by atoms with Crippen LogP contribution in [0.2, 0.25) is 0 Å². The molecule has 1 amide bonds. The number of nitrogens with zero attached hydrogens (tertiary/aromatic N) is 3. The lowest BCUT2D eigenvalue weighted by Crippen LogP contribution is -2.45. The maximum atomic E-state index is 11.3. The first-order valence-corrected chi connectivity index (χ1v) is 5.82. The van der Waals surface area contributed by atoms with E-state index in [4.69, 9.17) is 10.5 Å². The van der Waals surface area contributed by atoms with E-state index < -0.39 is 5.91 Å². The Balaban J connectivity index is 2.08. The Kier molecular flexibility index (Phi) is 4.06. The number of nitrogens with one attached hydrogen (secondary N) is 1. The number of carbonyl (C=O) groups excluding carboxylic acids is 1. The number of amides is 1. The van der Waals surface area contributed by atoms with E-state index in [-0.39, 0.29) is 11.8 Å². The van der Waals surface area contributed by atoms with Crippen molar-refractivity contribution in [3.63, 3.8) is 0 Å². The lowest BCUT2D eigenvalue weighted by molar-refractivity contribution is 0.0339. The summed E-state index contributed by atoms with van der Waals surface area (Å²) in [5, 5.41) is 3.25. The van der Waals surface area contributed by atoms with Crippen LogP contribution in [0.1, 0.15) is 10.5 Å². The molecule has 1 atom stereocenters. The van der Waals surface area contributed by atoms with Gasteiger partial charge in [-0.2, -0.15) is 0 Å². The summed E-state index contributed by atoms with van der Waals surface area (Å²) in [4.78, 5) is 21.2. The van der Waals surface area contributed by atoms with Crippen molar-refractivity contribution in [1.29, 1.82) is 0 Å². The first-order chi connectivity index (χ1) is 8.68. The minimum Gasteiger partial charge on any atom is -0.374 e. The van der Waals surface area contributed by atoms with Gasteiger partial charge in [-0.1, -0.05) is 0 Å². The average Bonchev–Trinajstić information content (AvgIpc) is 2.40. The highest BCUT2D eigenvalue weighted by Gasteiger charge is 2.20. The zero-order valence-electron chi connectivity index (χ0n) is 10.3. The molecule has 0 saturated carbocycles. The van der Waals surface area contributed by atoms with Gasteiger partial charge in [-0.3, -0.25) is 4.79 Å². The standard InChI is InChI=1S/C11H17N5O2/c1-16(7-8-6-13-4-5-18-8)11-9(10(12)17)14-2-3-15-11/h2-3,8,13H,4-7H2,1H3,(H2,12,17). The number of hydrogen-bond acceptors (Lipinski definition) is 6. The Bertz CT molecular complexity index is 420. The molecule has 0 spiro atoms. The minimum atomic E-state index is -0.576. The van der Waals surface area contributed by atoms with E-state index in [1.165, 1.54) is 12.4 Å². The van der Waals surface area contributed by atoms with Gasteiger partial charge in [0.25, 0.3) is 5.91 Å². The predicted molar refractivity (Wildman–Crippen MR) is 66.4 cm³/mol. The number of likely N-dealkylation sites (N-methyl/N-ethyl adjacent to an activating group) is 1. The monoisotopic (exact) mass is 251 g/mol. The second-order valence-electron chi connectivity index (χ2n) is 4.17. The van der Waals surface area contributed by atoms with Gasteiger partial charge in [0.2, 0.25) is 0 Å². The Hall–Kier alpha value is -1.73. The molecule has 1 aromatic rings. The highest BCUT2D eigenvalue weighted by Crippen LogP contribution is 2.13. The van der Waals surface area contributed by atoms with Gasteiger partial charge in [0, 0.05) is 39.1 Å². The molecule has 1 aliphatic heterocycles. The zero-order valence-corrected chi connectivity index (χ0v) is 10.3. The van der Waals surface area contributed by atoms with Gasteiger partial charge in [-0.15, -0.1) is 0 Å². The molecule has 1 aromatic heterocycles. The topological polar surface area (TPSA) is 93.4 Å². The fourth-order valence-electron chi connectivity index (χ4n) is 1.91. The zero-order chi connectivity index (χ0) is 13.0. The number of aromatic nitrogens is 2. The Morgan fingerprint density at radius 3 is 3.06 bits per heavy atom. The second-order valence-corrected chi connectivity index (χ2v) is 4.17. The fraction of sp³-hybridized carbons (Fsp3) is 0.545. The van der Waals surface area contributed by atoms with Crippen LogP contribution in [0.25, 0.3) is 0 Å². The minimum absolute atomic E-state index is 0.0754. The van der Waals surface area contributed by atoms with E-state index in [0.717, 1.165) is 13.1 Å². The number of primary amides is 1. The van der Waals surface area contributed by atoms with E-state index in [0.29, 0.717) is 19.0 Å². The normalized spacial score (nSPS) is 19.5. The number of rotatable bonds is 4. The lowest BCUT2D eigenvalue weighted by atomic mass is 10.2. The first-order valence-electron chi connectivity index (χ1n) is 5.82. The van der Waals surface area contributed by atoms with Gasteiger partial charge in [0.15, 0.2) is 11.5 Å². The highest BCUT2D eigenvalue weighted by atomic mass is 16.5. The third-order valence-electron chi connectivity index (χ3n) is 2.76. The average molecular weight is 251 g/mol. The largest absolute Gasteiger partial charge is 0.374 e. The molecular weight excluding hydrogens is 234 g/mol. The summed E-state index contributed by atoms with van der Waals surface area (Å²) in [6, 6.07) is 0. The van der Waals surface area contributed by atoms with Crippen molar-refractivity contribution in [3.05, 3.63) is 18.1 Å². The number of hydrogen-bond donors (Lipinski definition) is 2. The van der Waals surface area contributed by atoms with Gasteiger partial charge in [-0.05, 0) is 0 Å². The number of morpholine rings is 1. The molecule has 1 aliphatic rings. The highest BCUT2D eigenvalue weighted by molar-refractivity contribution is 5.95. The van der Waals surface area contributed by atoms with E-state index in [1.807, 2.05) is 11.9 Å². The molecule has 0 aliphatic carbocycles. The van der Waals surface area contributed by atoms with E-state index in [1.54, 1.807) is 0 Å². The predicted octanol–water partition coefficient (Wildman–Crippen LogP) is -1.000. The maximum absolute atomic E-state index is 11.3. The van der Waals surface area contributed by atoms with Crippen LogP contribution in [-0.2, 0) is 4.74 Å². The van der Waals surface area contributed by atoms with Crippen LogP contribution in [0.4, 0.5) is 5.82 Å². The molecule has 18 heavy (non-hydrogen) atoms. The molecule has 3 N–H and O–H groups in total. The fourth-order valence-corrected chi connectivity index (χ4v) is 1.91. The second kappa shape index (κ2) is 5.74. The van der Waals surface area contributed by atoms with Crippen LogP contribution in [-0.4, -0.2) is 55.3 Å². The Labute approximate surface area is 105 Å². The number of ether oxygens (including phenoxy) is 1. The van der Waals surface area contributed by atoms with Crippen LogP contribution in [0.3, 0.4) is 0 Å². The van der Waals surface area contributed by atoms with Crippen LogP contribution < -0.4 is 16.0 Å². The van der Waals surface area contributed by atoms with Gasteiger partial charge in [0.05, 0.1) is 12.7 Å². The molecule has 98 valence electrons. The van der Waals surface area contributed by atoms with Crippen molar-refractivity contribution in [2.45, 2.75) is 6.10 Å². The third kappa shape index (κ3) is 2.93. The summed E-state index contributed by atoms with van der Waals surface area (Å²) < 4.78 is 5.60. The quantitative estimate of drug-likeness (QED) is 0.713. The first kappa shape index (κ1) is 12.7. The lowest BCUT2D eigenvalue weighted by Gasteiger charge is -2.28. The summed E-state index contributed by atoms with van der Waals surface area (Å²) in [5.41, 5.74) is 5.46. The molecule has 7 nitrogen and oxygen atoms in total. The smallest absolute Gasteiger partial charge is 0.271 e. The summed E-state index contributed by atoms with van der Waals surface area (Å²) in [6.45, 7) is 2.99. The van der Waals surface area contributed by atoms with Gasteiger partial charge < -0.3 is 20.7 Å². The number of carbonyl (C=O) groups is 1. The molecule has 0 aromatic carbocycles. The molecular formula is C11H17N5O2. The summed E-state index contributed by atoms with van der Waals surface area (Å²) in [6.07, 6.45) is 3.07. The van der Waals surface area contributed by atoms with Crippen LogP contribution in [0.5, 0.6) is 0 Å². The molecule has 1 saturated heterocycles. The van der Waals surface area contributed by atoms with E-state index >= 15 is 0 Å². The SMILES string of the molecule is CN(CC1CNCCO1)c1nccnc1C(N)=O. The van der Waals surface area contributed by atoms with Crippen LogP contribution in [0.15, 0.2) is 12.4 Å². The van der Waals surface area contributed by atoms with Gasteiger partial charge in [-0.25, -0.2) is 9.97 Å². The number of nitrogens with two attached hydrogens (primary N) is 1. The van der Waals surface area contributed by atoms with Crippen molar-refractivity contribution in [3.8, 4) is 0 Å². The molecule has 0 radical (unpaired) electrons. The maximum Gasteiger partial charge on any atom is 0.271 e. The summed E-state index contributed by atoms with van der Waals surface area (Å²) in [5.74, 6) is -0.0909. The number of anilines is 1. The molecule has 1 unspecified atom stereocenters. The van der Waals surface area contributed by atoms with Crippen molar-refractivity contribution in [2.75, 3.05) is 38.2 Å². The molecule has 2 heterocycles. The Morgan fingerprint density at radius 1 is 1.61 bits per heavy atom. The molecule has 2 rings (SSSR count). The van der Waals surface area contributed by atoms with E-state index in [2.05, 4.69) is 15.3 Å².